The van der Waals surface area contributed by atoms with Gasteiger partial charge in [-0.25, -0.2) is 0 Å². The van der Waals surface area contributed by atoms with Crippen molar-refractivity contribution in [2.45, 2.75) is 38.1 Å². The third kappa shape index (κ3) is 4.04. The first-order valence-corrected chi connectivity index (χ1v) is 10.2. The number of fused-ring (bicyclic) bond motifs is 1. The van der Waals surface area contributed by atoms with E-state index in [4.69, 9.17) is 4.74 Å². The van der Waals surface area contributed by atoms with Crippen LogP contribution in [0.15, 0.2) is 54.7 Å². The summed E-state index contributed by atoms with van der Waals surface area (Å²) >= 11 is 0. The van der Waals surface area contributed by atoms with Crippen molar-refractivity contribution < 1.29 is 14.3 Å². The minimum absolute atomic E-state index is 0.0233. The number of ketones is 1. The van der Waals surface area contributed by atoms with Crippen LogP contribution in [-0.4, -0.2) is 41.3 Å². The second kappa shape index (κ2) is 8.52. The zero-order valence-corrected chi connectivity index (χ0v) is 16.7. The standard InChI is InChI=1S/C24H26N2O3/c1-29-19-13-11-17(12-14-19)24(28)22-9-5-15-26(22)23(27)10-4-6-18-16-25-21-8-3-2-7-20(18)21/h2-3,7-8,11-14,16,22,25H,4-6,9-10,15H2,1H3/t22-/m1/s1. The van der Waals surface area contributed by atoms with Crippen LogP contribution in [0, 0.1) is 0 Å². The highest BCUT2D eigenvalue weighted by atomic mass is 16.5. The van der Waals surface area contributed by atoms with Crippen molar-refractivity contribution in [1.29, 1.82) is 0 Å². The number of nitrogens with zero attached hydrogens (tertiary/aromatic N) is 1. The molecule has 0 unspecified atom stereocenters. The van der Waals surface area contributed by atoms with Gasteiger partial charge in [-0.1, -0.05) is 18.2 Å². The van der Waals surface area contributed by atoms with Crippen LogP contribution < -0.4 is 4.74 Å². The van der Waals surface area contributed by atoms with Crippen molar-refractivity contribution in [2.24, 2.45) is 0 Å². The number of rotatable bonds is 7. The van der Waals surface area contributed by atoms with Crippen LogP contribution in [0.2, 0.25) is 0 Å². The van der Waals surface area contributed by atoms with E-state index < -0.39 is 0 Å². The highest BCUT2D eigenvalue weighted by molar-refractivity contribution is 6.02. The van der Waals surface area contributed by atoms with Crippen LogP contribution in [0.25, 0.3) is 10.9 Å². The number of nitrogens with one attached hydrogen (secondary N) is 1. The van der Waals surface area contributed by atoms with Crippen molar-refractivity contribution in [1.82, 2.24) is 9.88 Å². The number of aryl methyl sites for hydroxylation is 1. The zero-order valence-electron chi connectivity index (χ0n) is 16.7. The smallest absolute Gasteiger partial charge is 0.223 e. The minimum Gasteiger partial charge on any atom is -0.497 e. The molecule has 0 bridgehead atoms. The van der Waals surface area contributed by atoms with E-state index in [1.54, 1.807) is 36.3 Å². The van der Waals surface area contributed by atoms with Gasteiger partial charge in [0.05, 0.1) is 13.2 Å². The number of hydrogen-bond donors (Lipinski definition) is 1. The molecule has 2 aromatic carbocycles. The van der Waals surface area contributed by atoms with Gasteiger partial charge in [-0.05, 0) is 61.6 Å². The molecule has 1 saturated heterocycles. The summed E-state index contributed by atoms with van der Waals surface area (Å²) in [7, 11) is 1.60. The number of H-pyrrole nitrogens is 1. The molecule has 150 valence electrons. The van der Waals surface area contributed by atoms with Crippen LogP contribution in [-0.2, 0) is 11.2 Å². The lowest BCUT2D eigenvalue weighted by molar-refractivity contribution is -0.131. The van der Waals surface area contributed by atoms with Gasteiger partial charge in [-0.3, -0.25) is 9.59 Å². The Hall–Kier alpha value is -3.08. The molecule has 2 heterocycles. The van der Waals surface area contributed by atoms with E-state index >= 15 is 0 Å². The molecule has 29 heavy (non-hydrogen) atoms. The summed E-state index contributed by atoms with van der Waals surface area (Å²) in [6.07, 6.45) is 5.73. The molecule has 0 aliphatic carbocycles. The van der Waals surface area contributed by atoms with Gasteiger partial charge in [0, 0.05) is 35.6 Å². The number of likely N-dealkylation sites (tertiary alicyclic amines) is 1. The van der Waals surface area contributed by atoms with Gasteiger partial charge in [-0.2, -0.15) is 0 Å². The topological polar surface area (TPSA) is 62.4 Å². The Morgan fingerprint density at radius 2 is 1.93 bits per heavy atom. The quantitative estimate of drug-likeness (QED) is 0.609. The molecule has 1 aliphatic rings. The molecule has 1 fully saturated rings. The largest absolute Gasteiger partial charge is 0.497 e. The summed E-state index contributed by atoms with van der Waals surface area (Å²) in [5, 5.41) is 1.22. The van der Waals surface area contributed by atoms with Gasteiger partial charge in [0.2, 0.25) is 5.91 Å². The van der Waals surface area contributed by atoms with Gasteiger partial charge < -0.3 is 14.6 Å². The predicted octanol–water partition coefficient (Wildman–Crippen LogP) is 4.37. The Bertz CT molecular complexity index is 1010. The fourth-order valence-electron chi connectivity index (χ4n) is 4.20. The summed E-state index contributed by atoms with van der Waals surface area (Å²) in [6.45, 7) is 0.665. The summed E-state index contributed by atoms with van der Waals surface area (Å²) in [5.74, 6) is 0.822. The predicted molar refractivity (Wildman–Crippen MR) is 113 cm³/mol. The number of amides is 1. The van der Waals surface area contributed by atoms with Gasteiger partial charge in [-0.15, -0.1) is 0 Å². The number of para-hydroxylation sites is 1. The Kier molecular flexibility index (Phi) is 5.65. The number of Topliss-reactive ketones (excluding diaryl/α,β-unsaturated/α-hetero) is 1. The molecule has 0 spiro atoms. The third-order valence-corrected chi connectivity index (χ3v) is 5.76. The first-order chi connectivity index (χ1) is 14.2. The molecule has 0 saturated carbocycles. The van der Waals surface area contributed by atoms with E-state index in [0.717, 1.165) is 36.9 Å². The first kappa shape index (κ1) is 19.2. The fraction of sp³-hybridized carbons (Fsp3) is 0.333. The van der Waals surface area contributed by atoms with E-state index in [9.17, 15) is 9.59 Å². The van der Waals surface area contributed by atoms with E-state index in [-0.39, 0.29) is 17.7 Å². The van der Waals surface area contributed by atoms with Crippen molar-refractivity contribution in [2.75, 3.05) is 13.7 Å². The molecule has 5 nitrogen and oxygen atoms in total. The highest BCUT2D eigenvalue weighted by Crippen LogP contribution is 2.24. The molecule has 0 radical (unpaired) electrons. The third-order valence-electron chi connectivity index (χ3n) is 5.76. The number of aromatic nitrogens is 1. The molecule has 1 N–H and O–H groups in total. The molecule has 1 amide bonds. The van der Waals surface area contributed by atoms with E-state index in [1.165, 1.54) is 10.9 Å². The summed E-state index contributed by atoms with van der Waals surface area (Å²) < 4.78 is 5.16. The van der Waals surface area contributed by atoms with Crippen LogP contribution in [0.4, 0.5) is 0 Å². The van der Waals surface area contributed by atoms with Crippen molar-refractivity contribution in [3.8, 4) is 5.75 Å². The van der Waals surface area contributed by atoms with Crippen molar-refractivity contribution >= 4 is 22.6 Å². The van der Waals surface area contributed by atoms with Crippen LogP contribution >= 0.6 is 0 Å². The number of aromatic amines is 1. The molecular weight excluding hydrogens is 364 g/mol. The van der Waals surface area contributed by atoms with Crippen LogP contribution in [0.3, 0.4) is 0 Å². The van der Waals surface area contributed by atoms with Crippen LogP contribution in [0.5, 0.6) is 5.75 Å². The molecule has 4 rings (SSSR count). The maximum atomic E-state index is 12.9. The van der Waals surface area contributed by atoms with Gasteiger partial charge in [0.15, 0.2) is 5.78 Å². The number of hydrogen-bond acceptors (Lipinski definition) is 3. The highest BCUT2D eigenvalue weighted by Gasteiger charge is 2.34. The number of methoxy groups -OCH3 is 1. The average molecular weight is 390 g/mol. The van der Waals surface area contributed by atoms with Crippen LogP contribution in [0.1, 0.15) is 41.6 Å². The second-order valence-corrected chi connectivity index (χ2v) is 7.55. The van der Waals surface area contributed by atoms with Crippen molar-refractivity contribution in [3.05, 3.63) is 65.9 Å². The lowest BCUT2D eigenvalue weighted by Gasteiger charge is -2.24. The van der Waals surface area contributed by atoms with Gasteiger partial charge in [0.25, 0.3) is 0 Å². The summed E-state index contributed by atoms with van der Waals surface area (Å²) in [5.41, 5.74) is 2.99. The lowest BCUT2D eigenvalue weighted by atomic mass is 10.0. The molecule has 1 aromatic heterocycles. The number of benzene rings is 2. The maximum Gasteiger partial charge on any atom is 0.223 e. The molecule has 5 heteroatoms. The summed E-state index contributed by atoms with van der Waals surface area (Å²) in [6, 6.07) is 15.0. The molecule has 3 aromatic rings. The number of ether oxygens (including phenoxy) is 1. The van der Waals surface area contributed by atoms with Gasteiger partial charge >= 0.3 is 0 Å². The normalized spacial score (nSPS) is 16.3. The first-order valence-electron chi connectivity index (χ1n) is 10.2. The molecular formula is C24H26N2O3. The molecule has 1 aliphatic heterocycles. The van der Waals surface area contributed by atoms with Gasteiger partial charge in [0.1, 0.15) is 5.75 Å². The van der Waals surface area contributed by atoms with E-state index in [2.05, 4.69) is 17.1 Å². The molecule has 1 atom stereocenters. The Morgan fingerprint density at radius 1 is 1.14 bits per heavy atom. The van der Waals surface area contributed by atoms with E-state index in [1.807, 2.05) is 18.3 Å². The number of carbonyl (C=O) groups excluding carboxylic acids is 2. The zero-order chi connectivity index (χ0) is 20.2. The second-order valence-electron chi connectivity index (χ2n) is 7.55. The SMILES string of the molecule is COc1ccc(C(=O)[C@H]2CCCN2C(=O)CCCc2c[nH]c3ccccc23)cc1. The Balaban J connectivity index is 1.36. The monoisotopic (exact) mass is 390 g/mol. The summed E-state index contributed by atoms with van der Waals surface area (Å²) in [4.78, 5) is 30.8. The van der Waals surface area contributed by atoms with E-state index in [0.29, 0.717) is 18.5 Å². The lowest BCUT2D eigenvalue weighted by Crippen LogP contribution is -2.40. The van der Waals surface area contributed by atoms with Crippen molar-refractivity contribution in [3.63, 3.8) is 0 Å². The Labute approximate surface area is 170 Å². The average Bonchev–Trinajstić information content (AvgIpc) is 3.41. The maximum absolute atomic E-state index is 12.9. The minimum atomic E-state index is -0.344. The Morgan fingerprint density at radius 3 is 2.72 bits per heavy atom. The fourth-order valence-corrected chi connectivity index (χ4v) is 4.20. The number of carbonyl (C=O) groups is 2.